The van der Waals surface area contributed by atoms with E-state index in [1.165, 1.54) is 23.7 Å². The molecule has 0 radical (unpaired) electrons. The molecule has 13 heteroatoms. The van der Waals surface area contributed by atoms with Crippen LogP contribution >= 0.6 is 22.9 Å². The van der Waals surface area contributed by atoms with Crippen LogP contribution in [0.3, 0.4) is 0 Å². The molecule has 0 atom stereocenters. The van der Waals surface area contributed by atoms with Crippen LogP contribution in [0.2, 0.25) is 5.02 Å². The van der Waals surface area contributed by atoms with Crippen LogP contribution in [0.5, 0.6) is 11.5 Å². The minimum atomic E-state index is -4.42. The molecule has 0 fully saturated rings. The molecule has 8 nitrogen and oxygen atoms in total. The molecule has 0 aliphatic carbocycles. The van der Waals surface area contributed by atoms with Crippen LogP contribution in [-0.2, 0) is 21.2 Å². The number of anilines is 1. The predicted molar refractivity (Wildman–Crippen MR) is 132 cm³/mol. The fraction of sp³-hybridized carbons (Fsp3) is 0.217. The van der Waals surface area contributed by atoms with Crippen molar-refractivity contribution in [2.75, 3.05) is 24.4 Å². The van der Waals surface area contributed by atoms with Gasteiger partial charge in [0.15, 0.2) is 16.7 Å². The number of carboxylic acids is 1. The number of thiazole rings is 1. The van der Waals surface area contributed by atoms with E-state index < -0.39 is 38.3 Å². The maximum absolute atomic E-state index is 14.8. The standard InChI is InChI=1S/C23H20ClF2N3O5S2/c1-2-8-29(14-22(30)31)9-3-4-15-11-16(24)5-6-19(15)34-20-12-18(26)21(13-17(20)25)36(32,33)28-23-27-7-10-35-23/h1,5-7,10-13H,3-4,8-9,14H2,(H,27,28)(H,30,31). The van der Waals surface area contributed by atoms with Gasteiger partial charge in [0, 0.05) is 35.3 Å². The van der Waals surface area contributed by atoms with Gasteiger partial charge in [0.1, 0.15) is 16.5 Å². The highest BCUT2D eigenvalue weighted by atomic mass is 35.5. The van der Waals surface area contributed by atoms with E-state index in [2.05, 4.69) is 15.6 Å². The summed E-state index contributed by atoms with van der Waals surface area (Å²) in [7, 11) is -4.42. The molecule has 3 aromatic rings. The van der Waals surface area contributed by atoms with Crippen molar-refractivity contribution in [2.24, 2.45) is 0 Å². The normalized spacial score (nSPS) is 11.3. The third-order valence-corrected chi connectivity index (χ3v) is 7.17. The number of hydrogen-bond acceptors (Lipinski definition) is 7. The second-order valence-corrected chi connectivity index (χ2v) is 10.4. The summed E-state index contributed by atoms with van der Waals surface area (Å²) in [6.07, 6.45) is 7.48. The number of sulfonamides is 1. The average Bonchev–Trinajstić information content (AvgIpc) is 3.29. The molecule has 0 saturated carbocycles. The molecule has 0 aliphatic heterocycles. The number of carbonyl (C=O) groups is 1. The third-order valence-electron chi connectivity index (χ3n) is 4.77. The second-order valence-electron chi connectivity index (χ2n) is 7.42. The molecule has 2 N–H and O–H groups in total. The Morgan fingerprint density at radius 2 is 2.03 bits per heavy atom. The summed E-state index contributed by atoms with van der Waals surface area (Å²) in [6.45, 7) is 0.298. The zero-order valence-electron chi connectivity index (χ0n) is 18.6. The number of nitrogens with zero attached hydrogens (tertiary/aromatic N) is 2. The number of terminal acetylenes is 1. The van der Waals surface area contributed by atoms with Gasteiger partial charge >= 0.3 is 5.97 Å². The van der Waals surface area contributed by atoms with Crippen molar-refractivity contribution < 1.29 is 31.8 Å². The van der Waals surface area contributed by atoms with Crippen LogP contribution in [0.4, 0.5) is 13.9 Å². The summed E-state index contributed by atoms with van der Waals surface area (Å²) in [4.78, 5) is 15.4. The predicted octanol–water partition coefficient (Wildman–Crippen LogP) is 4.62. The molecule has 0 saturated heterocycles. The van der Waals surface area contributed by atoms with Gasteiger partial charge in [-0.2, -0.15) is 0 Å². The maximum Gasteiger partial charge on any atom is 0.317 e. The number of benzene rings is 2. The summed E-state index contributed by atoms with van der Waals surface area (Å²) in [5.41, 5.74) is 0.556. The van der Waals surface area contributed by atoms with Gasteiger partial charge in [-0.1, -0.05) is 17.5 Å². The number of nitrogens with one attached hydrogen (secondary N) is 1. The second kappa shape index (κ2) is 12.1. The molecule has 3 rings (SSSR count). The number of ether oxygens (including phenoxy) is 1. The highest BCUT2D eigenvalue weighted by Gasteiger charge is 2.24. The van der Waals surface area contributed by atoms with Gasteiger partial charge in [-0.15, -0.1) is 17.8 Å². The van der Waals surface area contributed by atoms with Crippen LogP contribution in [0, 0.1) is 24.0 Å². The molecule has 0 aliphatic rings. The van der Waals surface area contributed by atoms with E-state index in [0.717, 1.165) is 11.3 Å². The number of carboxylic acid groups (broad SMARTS) is 1. The molecule has 1 heterocycles. The molecule has 2 aromatic carbocycles. The lowest BCUT2D eigenvalue weighted by Gasteiger charge is -2.18. The summed E-state index contributed by atoms with van der Waals surface area (Å²) < 4.78 is 62.1. The smallest absolute Gasteiger partial charge is 0.317 e. The Morgan fingerprint density at radius 1 is 1.25 bits per heavy atom. The Labute approximate surface area is 215 Å². The van der Waals surface area contributed by atoms with Crippen molar-refractivity contribution in [3.63, 3.8) is 0 Å². The number of aliphatic carboxylic acids is 1. The fourth-order valence-electron chi connectivity index (χ4n) is 3.23. The number of aromatic nitrogens is 1. The lowest BCUT2D eigenvalue weighted by molar-refractivity contribution is -0.138. The van der Waals surface area contributed by atoms with Crippen molar-refractivity contribution in [3.8, 4) is 23.8 Å². The first-order chi connectivity index (χ1) is 17.1. The van der Waals surface area contributed by atoms with Gasteiger partial charge in [-0.3, -0.25) is 14.4 Å². The molecule has 0 spiro atoms. The van der Waals surface area contributed by atoms with E-state index in [-0.39, 0.29) is 24.0 Å². The van der Waals surface area contributed by atoms with Crippen molar-refractivity contribution in [1.29, 1.82) is 0 Å². The molecule has 36 heavy (non-hydrogen) atoms. The molecule has 0 bridgehead atoms. The highest BCUT2D eigenvalue weighted by Crippen LogP contribution is 2.33. The first-order valence-corrected chi connectivity index (χ1v) is 13.1. The van der Waals surface area contributed by atoms with E-state index in [0.29, 0.717) is 42.1 Å². The van der Waals surface area contributed by atoms with E-state index in [1.807, 2.05) is 0 Å². The van der Waals surface area contributed by atoms with E-state index in [4.69, 9.17) is 27.9 Å². The molecule has 1 aromatic heterocycles. The minimum Gasteiger partial charge on any atom is -0.480 e. The van der Waals surface area contributed by atoms with Crippen LogP contribution < -0.4 is 9.46 Å². The maximum atomic E-state index is 14.8. The first-order valence-electron chi connectivity index (χ1n) is 10.3. The third kappa shape index (κ3) is 7.38. The minimum absolute atomic E-state index is 0.00473. The zero-order chi connectivity index (χ0) is 26.3. The lowest BCUT2D eigenvalue weighted by atomic mass is 10.1. The van der Waals surface area contributed by atoms with Crippen LogP contribution in [0.1, 0.15) is 12.0 Å². The van der Waals surface area contributed by atoms with Crippen molar-refractivity contribution in [3.05, 3.63) is 64.1 Å². The Bertz CT molecular complexity index is 1380. The topological polar surface area (TPSA) is 109 Å². The van der Waals surface area contributed by atoms with Crippen LogP contribution in [0.25, 0.3) is 0 Å². The Morgan fingerprint density at radius 3 is 2.69 bits per heavy atom. The van der Waals surface area contributed by atoms with Gasteiger partial charge < -0.3 is 9.84 Å². The van der Waals surface area contributed by atoms with Crippen molar-refractivity contribution in [2.45, 2.75) is 17.7 Å². The number of aryl methyl sites for hydroxylation is 1. The molecule has 0 amide bonds. The van der Waals surface area contributed by atoms with Gasteiger partial charge in [0.2, 0.25) is 0 Å². The summed E-state index contributed by atoms with van der Waals surface area (Å²) in [5.74, 6) is -1.27. The van der Waals surface area contributed by atoms with Gasteiger partial charge in [0.25, 0.3) is 10.0 Å². The number of hydrogen-bond donors (Lipinski definition) is 2. The average molecular weight is 556 g/mol. The fourth-order valence-corrected chi connectivity index (χ4v) is 5.28. The van der Waals surface area contributed by atoms with Crippen molar-refractivity contribution >= 4 is 44.1 Å². The van der Waals surface area contributed by atoms with Crippen LogP contribution in [-0.4, -0.2) is 49.0 Å². The van der Waals surface area contributed by atoms with E-state index in [9.17, 15) is 22.0 Å². The SMILES string of the molecule is C#CCN(CCCc1cc(Cl)ccc1Oc1cc(F)c(S(=O)(=O)Nc2nccs2)cc1F)CC(=O)O. The Balaban J connectivity index is 1.78. The van der Waals surface area contributed by atoms with Crippen LogP contribution in [0.15, 0.2) is 46.8 Å². The van der Waals surface area contributed by atoms with E-state index >= 15 is 0 Å². The Hall–Kier alpha value is -3.24. The number of rotatable bonds is 12. The summed E-state index contributed by atoms with van der Waals surface area (Å²) in [5, 5.41) is 10.9. The van der Waals surface area contributed by atoms with Gasteiger partial charge in [-0.25, -0.2) is 22.2 Å². The first kappa shape index (κ1) is 27.3. The molecular formula is C23H20ClF2N3O5S2. The van der Waals surface area contributed by atoms with E-state index in [1.54, 1.807) is 11.0 Å². The zero-order valence-corrected chi connectivity index (χ0v) is 21.0. The molecule has 0 unspecified atom stereocenters. The summed E-state index contributed by atoms with van der Waals surface area (Å²) >= 11 is 7.06. The monoisotopic (exact) mass is 555 g/mol. The highest BCUT2D eigenvalue weighted by molar-refractivity contribution is 7.93. The summed E-state index contributed by atoms with van der Waals surface area (Å²) in [6, 6.07) is 5.73. The van der Waals surface area contributed by atoms with Crippen molar-refractivity contribution in [1.82, 2.24) is 9.88 Å². The van der Waals surface area contributed by atoms with Gasteiger partial charge in [0.05, 0.1) is 13.1 Å². The largest absolute Gasteiger partial charge is 0.480 e. The number of halogens is 3. The molecular weight excluding hydrogens is 536 g/mol. The quantitative estimate of drug-likeness (QED) is 0.314. The Kier molecular flexibility index (Phi) is 9.22. The van der Waals surface area contributed by atoms with Gasteiger partial charge in [-0.05, 0) is 36.6 Å². The molecule has 190 valence electrons. The lowest BCUT2D eigenvalue weighted by Crippen LogP contribution is -2.31.